The van der Waals surface area contributed by atoms with E-state index in [1.165, 1.54) is 11.3 Å². The predicted molar refractivity (Wildman–Crippen MR) is 113 cm³/mol. The summed E-state index contributed by atoms with van der Waals surface area (Å²) in [6.45, 7) is 6.63. The number of anilines is 1. The van der Waals surface area contributed by atoms with Gasteiger partial charge in [0.05, 0.1) is 11.6 Å². The quantitative estimate of drug-likeness (QED) is 0.695. The van der Waals surface area contributed by atoms with Crippen LogP contribution >= 0.6 is 11.3 Å². The van der Waals surface area contributed by atoms with Crippen molar-refractivity contribution in [2.45, 2.75) is 84.2 Å². The highest BCUT2D eigenvalue weighted by molar-refractivity contribution is 7.15. The predicted octanol–water partition coefficient (Wildman–Crippen LogP) is 4.92. The van der Waals surface area contributed by atoms with Crippen molar-refractivity contribution in [3.8, 4) is 0 Å². The maximum atomic E-state index is 12.7. The molecular weight excluding hydrogens is 384 g/mol. The number of aromatic nitrogens is 1. The molecule has 6 heteroatoms. The Morgan fingerprint density at radius 2 is 1.93 bits per heavy atom. The molecule has 0 aromatic carbocycles. The number of carbonyl (C=O) groups is 2. The number of hydrogen-bond acceptors (Lipinski definition) is 5. The number of fused-ring (bicyclic) bond motifs is 4. The van der Waals surface area contributed by atoms with Gasteiger partial charge in [-0.3, -0.25) is 9.59 Å². The maximum Gasteiger partial charge on any atom is 0.309 e. The van der Waals surface area contributed by atoms with Gasteiger partial charge in [0.2, 0.25) is 5.91 Å². The first-order valence-electron chi connectivity index (χ1n) is 11.4. The molecule has 1 amide bonds. The molecule has 1 N–H and O–H groups in total. The molecule has 1 aromatic rings. The number of hydrogen-bond donors (Lipinski definition) is 1. The molecule has 3 fully saturated rings. The lowest BCUT2D eigenvalue weighted by Crippen LogP contribution is -2.50. The second kappa shape index (κ2) is 7.07. The Labute approximate surface area is 177 Å². The summed E-state index contributed by atoms with van der Waals surface area (Å²) in [5, 5.41) is 3.88. The number of esters is 1. The van der Waals surface area contributed by atoms with Crippen molar-refractivity contribution in [3.05, 3.63) is 10.6 Å². The van der Waals surface area contributed by atoms with E-state index in [4.69, 9.17) is 9.72 Å². The summed E-state index contributed by atoms with van der Waals surface area (Å²) >= 11 is 1.66. The summed E-state index contributed by atoms with van der Waals surface area (Å²) in [6, 6.07) is 0. The summed E-state index contributed by atoms with van der Waals surface area (Å²) in [5.41, 5.74) is 1.25. The molecule has 6 atom stereocenters. The van der Waals surface area contributed by atoms with Gasteiger partial charge in [-0.1, -0.05) is 40.0 Å². The van der Waals surface area contributed by atoms with Crippen LogP contribution in [0.1, 0.15) is 82.2 Å². The van der Waals surface area contributed by atoms with Crippen molar-refractivity contribution in [3.63, 3.8) is 0 Å². The molecule has 1 aliphatic heterocycles. The number of amides is 1. The molecule has 1 saturated heterocycles. The fourth-order valence-electron chi connectivity index (χ4n) is 6.70. The van der Waals surface area contributed by atoms with Crippen molar-refractivity contribution in [1.82, 2.24) is 4.98 Å². The van der Waals surface area contributed by atoms with E-state index in [1.54, 1.807) is 11.3 Å². The van der Waals surface area contributed by atoms with Gasteiger partial charge in [-0.2, -0.15) is 0 Å². The summed E-state index contributed by atoms with van der Waals surface area (Å²) < 4.78 is 5.92. The Hall–Kier alpha value is -1.43. The van der Waals surface area contributed by atoms with Gasteiger partial charge < -0.3 is 10.1 Å². The van der Waals surface area contributed by atoms with Crippen molar-refractivity contribution in [2.75, 3.05) is 5.32 Å². The topological polar surface area (TPSA) is 68.3 Å². The molecule has 0 unspecified atom stereocenters. The number of nitrogens with zero attached hydrogens (tertiary/aromatic N) is 1. The van der Waals surface area contributed by atoms with Gasteiger partial charge in [-0.05, 0) is 37.5 Å². The third-order valence-corrected chi connectivity index (χ3v) is 9.35. The Kier molecular flexibility index (Phi) is 4.76. The average Bonchev–Trinajstić information content (AvgIpc) is 3.22. The second-order valence-corrected chi connectivity index (χ2v) is 11.3. The lowest BCUT2D eigenvalue weighted by atomic mass is 9.54. The minimum atomic E-state index is -0.0269. The number of thiazole rings is 1. The zero-order chi connectivity index (χ0) is 20.3. The first kappa shape index (κ1) is 19.5. The molecule has 3 aliphatic carbocycles. The summed E-state index contributed by atoms with van der Waals surface area (Å²) in [7, 11) is 0. The smallest absolute Gasteiger partial charge is 0.309 e. The van der Waals surface area contributed by atoms with E-state index in [9.17, 15) is 9.59 Å². The molecule has 2 heterocycles. The highest BCUT2D eigenvalue weighted by Crippen LogP contribution is 2.59. The number of ether oxygens (including phenoxy) is 1. The lowest BCUT2D eigenvalue weighted by molar-refractivity contribution is -0.149. The molecule has 2 saturated carbocycles. The van der Waals surface area contributed by atoms with E-state index in [0.717, 1.165) is 55.8 Å². The van der Waals surface area contributed by atoms with Crippen molar-refractivity contribution in [1.29, 1.82) is 0 Å². The highest BCUT2D eigenvalue weighted by atomic mass is 32.1. The fraction of sp³-hybridized carbons (Fsp3) is 0.783. The largest absolute Gasteiger partial charge is 0.461 e. The van der Waals surface area contributed by atoms with E-state index >= 15 is 0 Å². The van der Waals surface area contributed by atoms with Crippen LogP contribution in [0.2, 0.25) is 0 Å². The van der Waals surface area contributed by atoms with Crippen LogP contribution in [0, 0.1) is 29.1 Å². The first-order valence-corrected chi connectivity index (χ1v) is 12.2. The number of nitrogens with one attached hydrogen (secondary N) is 1. The molecule has 0 bridgehead atoms. The van der Waals surface area contributed by atoms with Gasteiger partial charge in [-0.15, -0.1) is 11.3 Å². The molecule has 0 spiro atoms. The normalized spacial score (nSPS) is 39.3. The Balaban J connectivity index is 1.39. The second-order valence-electron chi connectivity index (χ2n) is 10.2. The van der Waals surface area contributed by atoms with E-state index in [0.29, 0.717) is 11.8 Å². The van der Waals surface area contributed by atoms with Crippen LogP contribution in [0.3, 0.4) is 0 Å². The monoisotopic (exact) mass is 416 g/mol. The van der Waals surface area contributed by atoms with Gasteiger partial charge in [0, 0.05) is 28.5 Å². The van der Waals surface area contributed by atoms with Gasteiger partial charge in [0.25, 0.3) is 0 Å². The minimum absolute atomic E-state index is 0.0129. The molecule has 4 aliphatic rings. The van der Waals surface area contributed by atoms with Crippen LogP contribution < -0.4 is 5.32 Å². The van der Waals surface area contributed by atoms with E-state index in [-0.39, 0.29) is 41.1 Å². The average molecular weight is 417 g/mol. The van der Waals surface area contributed by atoms with Crippen molar-refractivity contribution >= 4 is 28.3 Å². The van der Waals surface area contributed by atoms with Crippen LogP contribution in [0.4, 0.5) is 5.13 Å². The molecule has 5 rings (SSSR count). The third kappa shape index (κ3) is 3.13. The van der Waals surface area contributed by atoms with Crippen LogP contribution in [0.5, 0.6) is 0 Å². The van der Waals surface area contributed by atoms with Crippen LogP contribution in [-0.4, -0.2) is 23.0 Å². The number of carbonyl (C=O) groups excluding carboxylic acids is 2. The van der Waals surface area contributed by atoms with Crippen LogP contribution in [-0.2, 0) is 20.7 Å². The van der Waals surface area contributed by atoms with Gasteiger partial charge >= 0.3 is 5.97 Å². The standard InChI is InChI=1S/C23H32N2O3S/c1-12-15-9-10-23(3)11-16-18(13(2)17(23)19(15)28-21(12)27)24-22(29-16)25-20(26)14-7-5-4-6-8-14/h12-15,17,19H,4-11H2,1-3H3,(H,24,25,26)/t12-,13-,15-,17+,19-,23-/m0/s1. The SMILES string of the molecule is C[C@@H]1C(=O)O[C@H]2[C@H]1CC[C@@]1(C)Cc3sc(NC(=O)C4CCCCC4)nc3[C@@H](C)[C@H]21. The summed E-state index contributed by atoms with van der Waals surface area (Å²) in [4.78, 5) is 31.2. The minimum Gasteiger partial charge on any atom is -0.461 e. The number of rotatable bonds is 2. The van der Waals surface area contributed by atoms with E-state index in [1.807, 2.05) is 6.92 Å². The van der Waals surface area contributed by atoms with Crippen LogP contribution in [0.15, 0.2) is 0 Å². The van der Waals surface area contributed by atoms with E-state index in [2.05, 4.69) is 19.2 Å². The Morgan fingerprint density at radius 1 is 1.17 bits per heavy atom. The Bertz CT molecular complexity index is 830. The zero-order valence-electron chi connectivity index (χ0n) is 17.7. The third-order valence-electron chi connectivity index (χ3n) is 8.36. The Morgan fingerprint density at radius 3 is 2.69 bits per heavy atom. The molecule has 29 heavy (non-hydrogen) atoms. The van der Waals surface area contributed by atoms with Crippen LogP contribution in [0.25, 0.3) is 0 Å². The molecule has 158 valence electrons. The fourth-order valence-corrected chi connectivity index (χ4v) is 7.97. The van der Waals surface area contributed by atoms with Gasteiger partial charge in [-0.25, -0.2) is 4.98 Å². The zero-order valence-corrected chi connectivity index (χ0v) is 18.5. The van der Waals surface area contributed by atoms with Gasteiger partial charge in [0.1, 0.15) is 6.10 Å². The molecule has 5 nitrogen and oxygen atoms in total. The van der Waals surface area contributed by atoms with Crippen molar-refractivity contribution in [2.24, 2.45) is 29.1 Å². The lowest BCUT2D eigenvalue weighted by Gasteiger charge is -2.51. The molecular formula is C23H32N2O3S. The van der Waals surface area contributed by atoms with E-state index < -0.39 is 0 Å². The summed E-state index contributed by atoms with van der Waals surface area (Å²) in [6.07, 6.45) is 8.75. The molecule has 1 aromatic heterocycles. The van der Waals surface area contributed by atoms with Crippen molar-refractivity contribution < 1.29 is 14.3 Å². The molecule has 0 radical (unpaired) electrons. The first-order chi connectivity index (χ1) is 13.9. The maximum absolute atomic E-state index is 12.7. The summed E-state index contributed by atoms with van der Waals surface area (Å²) in [5.74, 6) is 1.17. The highest BCUT2D eigenvalue weighted by Gasteiger charge is 2.58. The van der Waals surface area contributed by atoms with Gasteiger partial charge in [0.15, 0.2) is 5.13 Å².